The number of thioether (sulfide) groups is 1. The van der Waals surface area contributed by atoms with Crippen molar-refractivity contribution in [2.24, 2.45) is 0 Å². The van der Waals surface area contributed by atoms with E-state index in [1.54, 1.807) is 0 Å². The second-order valence-corrected chi connectivity index (χ2v) is 6.09. The van der Waals surface area contributed by atoms with Gasteiger partial charge in [0.05, 0.1) is 15.9 Å². The Morgan fingerprint density at radius 1 is 1.40 bits per heavy atom. The molecule has 0 saturated carbocycles. The zero-order valence-electron chi connectivity index (χ0n) is 9.88. The smallest absolute Gasteiger partial charge is 0.0767 e. The molecule has 0 N–H and O–H groups in total. The van der Waals surface area contributed by atoms with Crippen molar-refractivity contribution in [1.82, 2.24) is 9.78 Å². The lowest BCUT2D eigenvalue weighted by Gasteiger charge is -2.07. The highest BCUT2D eigenvalue weighted by atomic mass is 79.9. The lowest BCUT2D eigenvalue weighted by Crippen LogP contribution is -2.03. The quantitative estimate of drug-likeness (QED) is 0.819. The van der Waals surface area contributed by atoms with Crippen LogP contribution >= 0.6 is 27.7 Å². The van der Waals surface area contributed by atoms with Crippen LogP contribution in [0, 0.1) is 0 Å². The van der Waals surface area contributed by atoms with E-state index in [1.807, 2.05) is 11.8 Å². The Morgan fingerprint density at radius 3 is 2.53 bits per heavy atom. The van der Waals surface area contributed by atoms with E-state index < -0.39 is 0 Å². The van der Waals surface area contributed by atoms with E-state index in [-0.39, 0.29) is 0 Å². The first-order valence-corrected chi connectivity index (χ1v) is 7.29. The summed E-state index contributed by atoms with van der Waals surface area (Å²) in [6.45, 7) is 9.69. The average molecular weight is 291 g/mol. The van der Waals surface area contributed by atoms with E-state index in [1.165, 1.54) is 15.9 Å². The molecule has 0 saturated heterocycles. The molecule has 15 heavy (non-hydrogen) atoms. The number of aryl methyl sites for hydroxylation is 2. The maximum Gasteiger partial charge on any atom is 0.0767 e. The van der Waals surface area contributed by atoms with Gasteiger partial charge >= 0.3 is 0 Å². The van der Waals surface area contributed by atoms with Crippen molar-refractivity contribution in [1.29, 1.82) is 0 Å². The van der Waals surface area contributed by atoms with Crippen LogP contribution in [0.2, 0.25) is 0 Å². The van der Waals surface area contributed by atoms with Gasteiger partial charge in [-0.1, -0.05) is 20.8 Å². The normalized spacial score (nSPS) is 11.3. The van der Waals surface area contributed by atoms with E-state index in [0.29, 0.717) is 5.25 Å². The van der Waals surface area contributed by atoms with Crippen molar-refractivity contribution < 1.29 is 0 Å². The number of hydrogen-bond acceptors (Lipinski definition) is 2. The summed E-state index contributed by atoms with van der Waals surface area (Å²) in [6.07, 6.45) is 0.993. The fourth-order valence-electron chi connectivity index (χ4n) is 1.40. The molecule has 0 radical (unpaired) electrons. The minimum atomic E-state index is 0.669. The third kappa shape index (κ3) is 3.25. The first-order valence-electron chi connectivity index (χ1n) is 5.45. The Labute approximate surface area is 105 Å². The van der Waals surface area contributed by atoms with Crippen LogP contribution in [-0.2, 0) is 18.7 Å². The highest BCUT2D eigenvalue weighted by molar-refractivity contribution is 9.10. The van der Waals surface area contributed by atoms with E-state index in [2.05, 4.69) is 53.4 Å². The summed E-state index contributed by atoms with van der Waals surface area (Å²) in [5.74, 6) is 1.04. The number of rotatable bonds is 5. The highest BCUT2D eigenvalue weighted by Crippen LogP contribution is 2.27. The maximum absolute atomic E-state index is 4.58. The lowest BCUT2D eigenvalue weighted by molar-refractivity contribution is 0.627. The van der Waals surface area contributed by atoms with Gasteiger partial charge in [-0.3, -0.25) is 4.68 Å². The van der Waals surface area contributed by atoms with Gasteiger partial charge in [0.25, 0.3) is 0 Å². The summed E-state index contributed by atoms with van der Waals surface area (Å²) in [5, 5.41) is 5.25. The first kappa shape index (κ1) is 13.1. The summed E-state index contributed by atoms with van der Waals surface area (Å²) in [6, 6.07) is 0. The van der Waals surface area contributed by atoms with Crippen LogP contribution in [0.15, 0.2) is 4.47 Å². The maximum atomic E-state index is 4.58. The van der Waals surface area contributed by atoms with Crippen LogP contribution in [0.5, 0.6) is 0 Å². The van der Waals surface area contributed by atoms with Crippen LogP contribution in [0.4, 0.5) is 0 Å². The molecule has 1 aromatic heterocycles. The second-order valence-electron chi connectivity index (χ2n) is 3.74. The van der Waals surface area contributed by atoms with Gasteiger partial charge in [-0.2, -0.15) is 16.9 Å². The largest absolute Gasteiger partial charge is 0.268 e. The molecular weight excluding hydrogens is 272 g/mol. The summed E-state index contributed by atoms with van der Waals surface area (Å²) in [5.41, 5.74) is 2.50. The number of aromatic nitrogens is 2. The van der Waals surface area contributed by atoms with Crippen LogP contribution in [0.25, 0.3) is 0 Å². The van der Waals surface area contributed by atoms with Gasteiger partial charge in [0, 0.05) is 12.3 Å². The fourth-order valence-corrected chi connectivity index (χ4v) is 3.08. The molecule has 0 spiro atoms. The average Bonchev–Trinajstić information content (AvgIpc) is 2.51. The molecule has 0 aliphatic heterocycles. The molecule has 0 amide bonds. The zero-order chi connectivity index (χ0) is 11.4. The number of nitrogens with zero attached hydrogens (tertiary/aromatic N) is 2. The zero-order valence-corrected chi connectivity index (χ0v) is 12.3. The predicted molar refractivity (Wildman–Crippen MR) is 71.4 cm³/mol. The SMILES string of the molecule is CCc1nn(CC)c(CSC(C)C)c1Br. The van der Waals surface area contributed by atoms with Gasteiger partial charge in [0.15, 0.2) is 0 Å². The van der Waals surface area contributed by atoms with Crippen molar-refractivity contribution in [2.75, 3.05) is 0 Å². The van der Waals surface area contributed by atoms with Crippen molar-refractivity contribution in [2.45, 2.75) is 51.7 Å². The number of halogens is 1. The second kappa shape index (κ2) is 5.94. The van der Waals surface area contributed by atoms with Crippen molar-refractivity contribution >= 4 is 27.7 Å². The van der Waals surface area contributed by atoms with E-state index in [0.717, 1.165) is 18.7 Å². The topological polar surface area (TPSA) is 17.8 Å². The predicted octanol–water partition coefficient (Wildman–Crippen LogP) is 3.87. The Hall–Kier alpha value is 0.0400. The van der Waals surface area contributed by atoms with Gasteiger partial charge < -0.3 is 0 Å². The van der Waals surface area contributed by atoms with Crippen LogP contribution in [0.3, 0.4) is 0 Å². The fraction of sp³-hybridized carbons (Fsp3) is 0.727. The lowest BCUT2D eigenvalue weighted by atomic mass is 10.3. The van der Waals surface area contributed by atoms with Crippen LogP contribution in [-0.4, -0.2) is 15.0 Å². The van der Waals surface area contributed by atoms with Gasteiger partial charge in [-0.05, 0) is 34.5 Å². The van der Waals surface area contributed by atoms with Gasteiger partial charge in [0.2, 0.25) is 0 Å². The van der Waals surface area contributed by atoms with Gasteiger partial charge in [-0.15, -0.1) is 0 Å². The molecular formula is C11H19BrN2S. The molecule has 0 bridgehead atoms. The standard InChI is InChI=1S/C11H19BrN2S/c1-5-9-11(12)10(7-15-8(3)4)14(6-2)13-9/h8H,5-7H2,1-4H3. The molecule has 0 aliphatic carbocycles. The third-order valence-corrected chi connectivity index (χ3v) is 4.27. The number of hydrogen-bond donors (Lipinski definition) is 0. The van der Waals surface area contributed by atoms with Crippen LogP contribution < -0.4 is 0 Å². The summed E-state index contributed by atoms with van der Waals surface area (Å²) < 4.78 is 3.32. The molecule has 1 rings (SSSR count). The van der Waals surface area contributed by atoms with E-state index in [4.69, 9.17) is 0 Å². The molecule has 0 aromatic carbocycles. The molecule has 0 unspecified atom stereocenters. The van der Waals surface area contributed by atoms with Crippen molar-refractivity contribution in [3.63, 3.8) is 0 Å². The molecule has 86 valence electrons. The van der Waals surface area contributed by atoms with E-state index in [9.17, 15) is 0 Å². The Balaban J connectivity index is 2.88. The Morgan fingerprint density at radius 2 is 2.07 bits per heavy atom. The molecule has 2 nitrogen and oxygen atoms in total. The molecule has 0 atom stereocenters. The Bertz CT molecular complexity index is 321. The van der Waals surface area contributed by atoms with Crippen molar-refractivity contribution in [3.05, 3.63) is 15.9 Å². The molecule has 0 aliphatic rings. The summed E-state index contributed by atoms with van der Waals surface area (Å²) >= 11 is 5.62. The van der Waals surface area contributed by atoms with Gasteiger partial charge in [-0.25, -0.2) is 0 Å². The first-order chi connectivity index (χ1) is 7.10. The Kier molecular flexibility index (Phi) is 5.19. The van der Waals surface area contributed by atoms with Crippen molar-refractivity contribution in [3.8, 4) is 0 Å². The van der Waals surface area contributed by atoms with E-state index >= 15 is 0 Å². The molecule has 1 aromatic rings. The van der Waals surface area contributed by atoms with Gasteiger partial charge in [0.1, 0.15) is 0 Å². The summed E-state index contributed by atoms with van der Waals surface area (Å²) in [7, 11) is 0. The summed E-state index contributed by atoms with van der Waals surface area (Å²) in [4.78, 5) is 0. The minimum Gasteiger partial charge on any atom is -0.268 e. The molecule has 4 heteroatoms. The minimum absolute atomic E-state index is 0.669. The molecule has 0 fully saturated rings. The third-order valence-electron chi connectivity index (χ3n) is 2.25. The highest BCUT2D eigenvalue weighted by Gasteiger charge is 2.13. The monoisotopic (exact) mass is 290 g/mol. The molecule has 1 heterocycles. The van der Waals surface area contributed by atoms with Crippen LogP contribution in [0.1, 0.15) is 39.1 Å².